The lowest BCUT2D eigenvalue weighted by molar-refractivity contribution is -0.149. The largest absolute Gasteiger partial charge is 0.465 e. The third kappa shape index (κ3) is 5.76. The molecule has 0 bridgehead atoms. The number of halogens is 1. The van der Waals surface area contributed by atoms with Crippen molar-refractivity contribution in [2.45, 2.75) is 52.1 Å². The summed E-state index contributed by atoms with van der Waals surface area (Å²) >= 11 is 0. The highest BCUT2D eigenvalue weighted by Gasteiger charge is 2.33. The van der Waals surface area contributed by atoms with Crippen molar-refractivity contribution in [3.05, 3.63) is 59.3 Å². The van der Waals surface area contributed by atoms with Crippen molar-refractivity contribution in [1.29, 1.82) is 0 Å². The summed E-state index contributed by atoms with van der Waals surface area (Å²) in [6.45, 7) is 9.66. The number of carbonyl (C=O) groups excluding carboxylic acids is 2. The van der Waals surface area contributed by atoms with Crippen LogP contribution in [0.2, 0.25) is 0 Å². The average Bonchev–Trinajstić information content (AvgIpc) is 3.52. The van der Waals surface area contributed by atoms with Crippen LogP contribution in [-0.2, 0) is 16.0 Å². The number of hydrogen-bond acceptors (Lipinski definition) is 6. The van der Waals surface area contributed by atoms with Crippen molar-refractivity contribution in [3.8, 4) is 5.69 Å². The Bertz CT molecular complexity index is 1400. The molecule has 0 saturated carbocycles. The molecule has 5 rings (SSSR count). The zero-order valence-electron chi connectivity index (χ0n) is 23.8. The Morgan fingerprint density at radius 3 is 2.55 bits per heavy atom. The highest BCUT2D eigenvalue weighted by Crippen LogP contribution is 2.33. The Kier molecular flexibility index (Phi) is 7.97. The van der Waals surface area contributed by atoms with E-state index >= 15 is 0 Å². The number of fused-ring (bicyclic) bond motifs is 1. The Morgan fingerprint density at radius 2 is 1.85 bits per heavy atom. The summed E-state index contributed by atoms with van der Waals surface area (Å²) in [6, 6.07) is 4.19. The number of rotatable bonds is 7. The summed E-state index contributed by atoms with van der Waals surface area (Å²) in [5.41, 5.74) is 2.57. The second-order valence-corrected chi connectivity index (χ2v) is 11.9. The van der Waals surface area contributed by atoms with Crippen molar-refractivity contribution in [1.82, 2.24) is 19.4 Å². The summed E-state index contributed by atoms with van der Waals surface area (Å²) in [4.78, 5) is 33.6. The van der Waals surface area contributed by atoms with E-state index in [-0.39, 0.29) is 11.5 Å². The molecule has 2 aliphatic heterocycles. The molecule has 2 saturated heterocycles. The number of aliphatic hydroxyl groups is 1. The fraction of sp³-hybridized carbons (Fsp3) is 0.516. The van der Waals surface area contributed by atoms with E-state index in [0.29, 0.717) is 30.6 Å². The van der Waals surface area contributed by atoms with Gasteiger partial charge < -0.3 is 24.2 Å². The van der Waals surface area contributed by atoms with Crippen LogP contribution in [0.3, 0.4) is 0 Å². The molecule has 0 radical (unpaired) electrons. The average molecular weight is 551 g/mol. The number of aromatic nitrogens is 2. The van der Waals surface area contributed by atoms with Crippen LogP contribution in [-0.4, -0.2) is 81.8 Å². The first kappa shape index (κ1) is 28.2. The van der Waals surface area contributed by atoms with Crippen LogP contribution in [0.1, 0.15) is 54.6 Å². The fourth-order valence-corrected chi connectivity index (χ4v) is 6.41. The molecule has 0 aliphatic carbocycles. The Hall–Kier alpha value is -3.30. The second-order valence-electron chi connectivity index (χ2n) is 11.9. The molecule has 1 atom stereocenters. The van der Waals surface area contributed by atoms with E-state index in [4.69, 9.17) is 4.74 Å². The number of likely N-dealkylation sites (tertiary alicyclic amines) is 2. The molecule has 0 spiro atoms. The summed E-state index contributed by atoms with van der Waals surface area (Å²) in [5, 5.41) is 11.2. The SMILES string of the molecule is COC(=O)c1cc(F)ccc1-n1cc(C[C@@H]2CCN(CC3CCN(C(=O)C(C)(C)O)CC3)C2)c2c(C)cncc21. The van der Waals surface area contributed by atoms with Crippen LogP contribution >= 0.6 is 0 Å². The summed E-state index contributed by atoms with van der Waals surface area (Å²) in [6.07, 6.45) is 9.65. The van der Waals surface area contributed by atoms with Crippen LogP contribution in [0.25, 0.3) is 16.6 Å². The maximum Gasteiger partial charge on any atom is 0.340 e. The maximum absolute atomic E-state index is 14.1. The van der Waals surface area contributed by atoms with Gasteiger partial charge in [0.1, 0.15) is 11.4 Å². The number of aryl methyl sites for hydroxylation is 1. The number of piperidine rings is 1. The zero-order valence-corrected chi connectivity index (χ0v) is 23.8. The topological polar surface area (TPSA) is 87.9 Å². The second kappa shape index (κ2) is 11.3. The van der Waals surface area contributed by atoms with E-state index in [1.807, 2.05) is 17.7 Å². The van der Waals surface area contributed by atoms with Gasteiger partial charge >= 0.3 is 5.97 Å². The van der Waals surface area contributed by atoms with Crippen molar-refractivity contribution < 1.29 is 23.8 Å². The molecular weight excluding hydrogens is 511 g/mol. The maximum atomic E-state index is 14.1. The molecule has 2 fully saturated rings. The van der Waals surface area contributed by atoms with E-state index in [9.17, 15) is 19.1 Å². The summed E-state index contributed by atoms with van der Waals surface area (Å²) < 4.78 is 20.9. The molecule has 1 amide bonds. The number of amides is 1. The Morgan fingerprint density at radius 1 is 1.12 bits per heavy atom. The van der Waals surface area contributed by atoms with Crippen LogP contribution in [0, 0.1) is 24.6 Å². The summed E-state index contributed by atoms with van der Waals surface area (Å²) in [7, 11) is 1.30. The number of carbonyl (C=O) groups is 2. The van der Waals surface area contributed by atoms with Gasteiger partial charge in [0.25, 0.3) is 5.91 Å². The first-order chi connectivity index (χ1) is 19.0. The zero-order chi connectivity index (χ0) is 28.6. The van der Waals surface area contributed by atoms with E-state index in [1.54, 1.807) is 31.0 Å². The molecule has 3 aromatic rings. The quantitative estimate of drug-likeness (QED) is 0.445. The van der Waals surface area contributed by atoms with Crippen LogP contribution in [0.5, 0.6) is 0 Å². The van der Waals surface area contributed by atoms with Gasteiger partial charge in [0.2, 0.25) is 0 Å². The minimum absolute atomic E-state index is 0.176. The number of benzene rings is 1. The van der Waals surface area contributed by atoms with E-state index in [0.717, 1.165) is 61.8 Å². The van der Waals surface area contributed by atoms with Crippen molar-refractivity contribution in [2.75, 3.05) is 39.8 Å². The highest BCUT2D eigenvalue weighted by molar-refractivity contribution is 5.95. The summed E-state index contributed by atoms with van der Waals surface area (Å²) in [5.74, 6) is -0.209. The molecule has 0 unspecified atom stereocenters. The van der Waals surface area contributed by atoms with E-state index < -0.39 is 17.4 Å². The minimum Gasteiger partial charge on any atom is -0.465 e. The van der Waals surface area contributed by atoms with Crippen LogP contribution < -0.4 is 0 Å². The molecule has 8 nitrogen and oxygen atoms in total. The van der Waals surface area contributed by atoms with Crippen molar-refractivity contribution in [2.24, 2.45) is 11.8 Å². The lowest BCUT2D eigenvalue weighted by atomic mass is 9.94. The first-order valence-corrected chi connectivity index (χ1v) is 14.1. The number of esters is 1. The standard InChI is InChI=1S/C31H39FN4O4/c1-20-15-33-16-27-28(20)23(19-36(27)26-6-5-24(32)14-25(26)29(37)40-4)13-22-7-10-34(18-22)17-21-8-11-35(12-9-21)30(38)31(2,3)39/h5-6,14-16,19,21-22,39H,7-13,17-18H2,1-4H3/t22-/m0/s1. The number of methoxy groups -OCH3 is 1. The minimum atomic E-state index is -1.32. The monoisotopic (exact) mass is 550 g/mol. The van der Waals surface area contributed by atoms with Gasteiger partial charge in [-0.25, -0.2) is 9.18 Å². The predicted molar refractivity (Wildman–Crippen MR) is 151 cm³/mol. The third-order valence-corrected chi connectivity index (χ3v) is 8.42. The smallest absolute Gasteiger partial charge is 0.340 e. The Labute approximate surface area is 234 Å². The van der Waals surface area contributed by atoms with Crippen molar-refractivity contribution >= 4 is 22.8 Å². The number of nitrogens with zero attached hydrogens (tertiary/aromatic N) is 4. The van der Waals surface area contributed by atoms with Gasteiger partial charge in [-0.2, -0.15) is 0 Å². The van der Waals surface area contributed by atoms with Gasteiger partial charge in [-0.1, -0.05) is 0 Å². The first-order valence-electron chi connectivity index (χ1n) is 14.1. The van der Waals surface area contributed by atoms with E-state index in [1.165, 1.54) is 24.8 Å². The lowest BCUT2D eigenvalue weighted by Crippen LogP contribution is -2.49. The van der Waals surface area contributed by atoms with Crippen molar-refractivity contribution in [3.63, 3.8) is 0 Å². The van der Waals surface area contributed by atoms with Gasteiger partial charge in [-0.05, 0) is 94.2 Å². The Balaban J connectivity index is 1.29. The molecule has 1 aromatic carbocycles. The highest BCUT2D eigenvalue weighted by atomic mass is 19.1. The predicted octanol–water partition coefficient (Wildman–Crippen LogP) is 4.13. The number of ether oxygens (including phenoxy) is 1. The molecule has 40 heavy (non-hydrogen) atoms. The van der Waals surface area contributed by atoms with E-state index in [2.05, 4.69) is 16.1 Å². The molecule has 4 heterocycles. The van der Waals surface area contributed by atoms with Gasteiger partial charge in [0.05, 0.1) is 30.1 Å². The molecule has 2 aliphatic rings. The molecule has 1 N–H and O–H groups in total. The van der Waals surface area contributed by atoms with Crippen LogP contribution in [0.15, 0.2) is 36.8 Å². The van der Waals surface area contributed by atoms with Crippen LogP contribution in [0.4, 0.5) is 4.39 Å². The van der Waals surface area contributed by atoms with Gasteiger partial charge in [0.15, 0.2) is 0 Å². The normalized spacial score (nSPS) is 18.9. The van der Waals surface area contributed by atoms with Gasteiger partial charge in [-0.3, -0.25) is 9.78 Å². The van der Waals surface area contributed by atoms with Gasteiger partial charge in [0, 0.05) is 44.0 Å². The fourth-order valence-electron chi connectivity index (χ4n) is 6.41. The third-order valence-electron chi connectivity index (χ3n) is 8.42. The molecule has 214 valence electrons. The lowest BCUT2D eigenvalue weighted by Gasteiger charge is -2.36. The number of pyridine rings is 1. The van der Waals surface area contributed by atoms with Gasteiger partial charge in [-0.15, -0.1) is 0 Å². The molecule has 2 aromatic heterocycles. The molecule has 9 heteroatoms. The molecular formula is C31H39FN4O4. The number of hydrogen-bond donors (Lipinski definition) is 1.